The third kappa shape index (κ3) is 7.52. The Bertz CT molecular complexity index is 1220. The van der Waals surface area contributed by atoms with E-state index in [1.807, 2.05) is 0 Å². The number of nitrogens with zero attached hydrogens (tertiary/aromatic N) is 2. The molecular weight excluding hydrogens is 518 g/mol. The zero-order valence-electron chi connectivity index (χ0n) is 21.6. The lowest BCUT2D eigenvalue weighted by atomic mass is 10.1. The molecule has 1 N–H and O–H groups in total. The van der Waals surface area contributed by atoms with E-state index >= 15 is 0 Å². The predicted octanol–water partition coefficient (Wildman–Crippen LogP) is 3.60. The lowest BCUT2D eigenvalue weighted by Gasteiger charge is -2.32. The van der Waals surface area contributed by atoms with E-state index in [4.69, 9.17) is 21.1 Å². The van der Waals surface area contributed by atoms with Crippen LogP contribution in [0.2, 0.25) is 5.02 Å². The van der Waals surface area contributed by atoms with E-state index in [0.717, 1.165) is 36.2 Å². The highest BCUT2D eigenvalue weighted by Gasteiger charge is 2.32. The van der Waals surface area contributed by atoms with Crippen LogP contribution in [0, 0.1) is 0 Å². The van der Waals surface area contributed by atoms with E-state index in [2.05, 4.69) is 5.32 Å². The fourth-order valence-electron chi connectivity index (χ4n) is 4.39. The van der Waals surface area contributed by atoms with Gasteiger partial charge in [0.05, 0.1) is 26.2 Å². The molecule has 0 bridgehead atoms. The molecule has 0 saturated heterocycles. The molecule has 0 aliphatic heterocycles. The van der Waals surface area contributed by atoms with Gasteiger partial charge in [0, 0.05) is 23.7 Å². The lowest BCUT2D eigenvalue weighted by Crippen LogP contribution is -2.52. The Labute approximate surface area is 223 Å². The van der Waals surface area contributed by atoms with Crippen LogP contribution >= 0.6 is 11.6 Å². The molecule has 1 aliphatic rings. The van der Waals surface area contributed by atoms with E-state index in [9.17, 15) is 18.0 Å². The molecule has 37 heavy (non-hydrogen) atoms. The second kappa shape index (κ2) is 12.5. The van der Waals surface area contributed by atoms with Crippen LogP contribution in [0.1, 0.15) is 38.2 Å². The first-order valence-corrected chi connectivity index (χ1v) is 14.3. The maximum absolute atomic E-state index is 13.7. The van der Waals surface area contributed by atoms with Crippen molar-refractivity contribution in [2.24, 2.45) is 0 Å². The quantitative estimate of drug-likeness (QED) is 0.457. The number of halogens is 1. The number of methoxy groups -OCH3 is 2. The van der Waals surface area contributed by atoms with Crippen LogP contribution in [0.5, 0.6) is 11.5 Å². The highest BCUT2D eigenvalue weighted by Crippen LogP contribution is 2.34. The summed E-state index contributed by atoms with van der Waals surface area (Å²) >= 11 is 6.15. The summed E-state index contributed by atoms with van der Waals surface area (Å²) < 4.78 is 37.3. The van der Waals surface area contributed by atoms with Crippen molar-refractivity contribution in [3.8, 4) is 11.5 Å². The highest BCUT2D eigenvalue weighted by molar-refractivity contribution is 7.92. The summed E-state index contributed by atoms with van der Waals surface area (Å²) in [6, 6.07) is 10.9. The fraction of sp³-hybridized carbons (Fsp3) is 0.462. The molecule has 0 spiro atoms. The Hall–Kier alpha value is -2.98. The van der Waals surface area contributed by atoms with Crippen molar-refractivity contribution in [2.75, 3.05) is 31.3 Å². The first-order chi connectivity index (χ1) is 17.5. The van der Waals surface area contributed by atoms with Gasteiger partial charge < -0.3 is 19.7 Å². The van der Waals surface area contributed by atoms with Gasteiger partial charge in [-0.2, -0.15) is 0 Å². The minimum Gasteiger partial charge on any atom is -0.497 e. The second-order valence-electron chi connectivity index (χ2n) is 9.12. The Kier molecular flexibility index (Phi) is 9.67. The molecule has 202 valence electrons. The minimum absolute atomic E-state index is 0.0749. The number of hydrogen-bond acceptors (Lipinski definition) is 6. The Morgan fingerprint density at radius 2 is 1.81 bits per heavy atom. The van der Waals surface area contributed by atoms with Crippen molar-refractivity contribution in [2.45, 2.75) is 51.2 Å². The van der Waals surface area contributed by atoms with E-state index in [0.29, 0.717) is 16.3 Å². The predicted molar refractivity (Wildman–Crippen MR) is 144 cm³/mol. The number of sulfonamides is 1. The molecule has 11 heteroatoms. The van der Waals surface area contributed by atoms with Crippen LogP contribution in [-0.2, 0) is 26.2 Å². The van der Waals surface area contributed by atoms with Crippen LogP contribution in [0.3, 0.4) is 0 Å². The van der Waals surface area contributed by atoms with Gasteiger partial charge in [0.1, 0.15) is 24.1 Å². The van der Waals surface area contributed by atoms with Crippen LogP contribution in [-0.4, -0.2) is 64.2 Å². The summed E-state index contributed by atoms with van der Waals surface area (Å²) in [7, 11) is -1.05. The van der Waals surface area contributed by atoms with Crippen LogP contribution in [0.15, 0.2) is 42.5 Å². The largest absolute Gasteiger partial charge is 0.497 e. The maximum Gasteiger partial charge on any atom is 0.244 e. The number of ether oxygens (including phenoxy) is 2. The molecule has 2 amide bonds. The van der Waals surface area contributed by atoms with E-state index in [1.54, 1.807) is 43.3 Å². The van der Waals surface area contributed by atoms with Gasteiger partial charge in [-0.15, -0.1) is 0 Å². The fourth-order valence-corrected chi connectivity index (χ4v) is 5.45. The number of amides is 2. The van der Waals surface area contributed by atoms with Crippen molar-refractivity contribution in [3.05, 3.63) is 53.1 Å². The molecule has 3 rings (SSSR count). The SMILES string of the molecule is COc1ccc(OC)c(N(CC(=O)N(Cc2cccc(Cl)c2)[C@H](C)C(=O)NC2CCCC2)S(C)(=O)=O)c1. The number of rotatable bonds is 11. The van der Waals surface area contributed by atoms with Crippen molar-refractivity contribution >= 4 is 39.1 Å². The number of carbonyl (C=O) groups is 2. The standard InChI is InChI=1S/C26H34ClN3O6S/c1-18(26(32)28-21-10-5-6-11-21)29(16-19-8-7-9-20(27)14-19)25(31)17-30(37(4,33)34)23-15-22(35-2)12-13-24(23)36-3/h7-9,12-15,18,21H,5-6,10-11,16-17H2,1-4H3,(H,28,32)/t18-/m1/s1. The molecule has 1 fully saturated rings. The first kappa shape index (κ1) is 28.6. The number of hydrogen-bond donors (Lipinski definition) is 1. The molecule has 0 radical (unpaired) electrons. The molecule has 0 heterocycles. The van der Waals surface area contributed by atoms with Crippen molar-refractivity contribution < 1.29 is 27.5 Å². The molecule has 2 aromatic rings. The topological polar surface area (TPSA) is 105 Å². The number of nitrogens with one attached hydrogen (secondary N) is 1. The monoisotopic (exact) mass is 551 g/mol. The van der Waals surface area contributed by atoms with Crippen molar-refractivity contribution in [1.82, 2.24) is 10.2 Å². The van der Waals surface area contributed by atoms with E-state index in [1.165, 1.54) is 25.2 Å². The van der Waals surface area contributed by atoms with Gasteiger partial charge in [-0.25, -0.2) is 8.42 Å². The first-order valence-electron chi connectivity index (χ1n) is 12.1. The van der Waals surface area contributed by atoms with Gasteiger partial charge in [-0.05, 0) is 49.6 Å². The van der Waals surface area contributed by atoms with Gasteiger partial charge >= 0.3 is 0 Å². The van der Waals surface area contributed by atoms with E-state index < -0.39 is 28.5 Å². The smallest absolute Gasteiger partial charge is 0.244 e. The normalized spacial score (nSPS) is 14.6. The van der Waals surface area contributed by atoms with Gasteiger partial charge in [-0.3, -0.25) is 13.9 Å². The Morgan fingerprint density at radius 1 is 1.11 bits per heavy atom. The maximum atomic E-state index is 13.7. The summed E-state index contributed by atoms with van der Waals surface area (Å²) in [6.45, 7) is 1.18. The number of benzene rings is 2. The summed E-state index contributed by atoms with van der Waals surface area (Å²) in [5.74, 6) is -0.180. The summed E-state index contributed by atoms with van der Waals surface area (Å²) in [5, 5.41) is 3.52. The zero-order valence-corrected chi connectivity index (χ0v) is 23.1. The van der Waals surface area contributed by atoms with Crippen LogP contribution < -0.4 is 19.1 Å². The minimum atomic E-state index is -3.92. The molecule has 1 saturated carbocycles. The Morgan fingerprint density at radius 3 is 2.41 bits per heavy atom. The average Bonchev–Trinajstić information content (AvgIpc) is 3.37. The van der Waals surface area contributed by atoms with Crippen LogP contribution in [0.25, 0.3) is 0 Å². The molecule has 2 aromatic carbocycles. The van der Waals surface area contributed by atoms with Gasteiger partial charge in [-0.1, -0.05) is 36.6 Å². The second-order valence-corrected chi connectivity index (χ2v) is 11.5. The third-order valence-electron chi connectivity index (χ3n) is 6.44. The van der Waals surface area contributed by atoms with Gasteiger partial charge in [0.15, 0.2) is 0 Å². The van der Waals surface area contributed by atoms with Crippen LogP contribution in [0.4, 0.5) is 5.69 Å². The van der Waals surface area contributed by atoms with Gasteiger partial charge in [0.25, 0.3) is 0 Å². The van der Waals surface area contributed by atoms with Crippen molar-refractivity contribution in [1.29, 1.82) is 0 Å². The third-order valence-corrected chi connectivity index (χ3v) is 7.81. The molecular formula is C26H34ClN3O6S. The molecule has 0 aromatic heterocycles. The molecule has 1 atom stereocenters. The average molecular weight is 552 g/mol. The van der Waals surface area contributed by atoms with E-state index in [-0.39, 0.29) is 29.9 Å². The number of anilines is 1. The lowest BCUT2D eigenvalue weighted by molar-refractivity contribution is -0.139. The zero-order chi connectivity index (χ0) is 27.2. The summed E-state index contributed by atoms with van der Waals surface area (Å²) in [6.07, 6.45) is 4.92. The summed E-state index contributed by atoms with van der Waals surface area (Å²) in [4.78, 5) is 28.2. The highest BCUT2D eigenvalue weighted by atomic mass is 35.5. The summed E-state index contributed by atoms with van der Waals surface area (Å²) in [5.41, 5.74) is 0.870. The number of carbonyl (C=O) groups excluding carboxylic acids is 2. The molecule has 0 unspecified atom stereocenters. The van der Waals surface area contributed by atoms with Crippen molar-refractivity contribution in [3.63, 3.8) is 0 Å². The molecule has 9 nitrogen and oxygen atoms in total. The Balaban J connectivity index is 1.94. The van der Waals surface area contributed by atoms with Gasteiger partial charge in [0.2, 0.25) is 21.8 Å². The molecule has 1 aliphatic carbocycles.